The Bertz CT molecular complexity index is 772. The average Bonchev–Trinajstić information content (AvgIpc) is 2.37. The van der Waals surface area contributed by atoms with Gasteiger partial charge in [-0.2, -0.15) is 0 Å². The fraction of sp³-hybridized carbons (Fsp3) is 0.385. The third-order valence-corrected chi connectivity index (χ3v) is 3.03. The summed E-state index contributed by atoms with van der Waals surface area (Å²) in [6.07, 6.45) is 0.700. The van der Waals surface area contributed by atoms with E-state index in [1.807, 2.05) is 13.8 Å². The van der Waals surface area contributed by atoms with Crippen molar-refractivity contribution < 1.29 is 9.34 Å². The van der Waals surface area contributed by atoms with Crippen molar-refractivity contribution in [2.45, 2.75) is 26.8 Å². The predicted molar refractivity (Wildman–Crippen MR) is 72.9 cm³/mol. The number of aromatic nitrogens is 1. The Morgan fingerprint density at radius 3 is 2.65 bits per heavy atom. The maximum atomic E-state index is 11.8. The number of hydrogen-bond acceptors (Lipinski definition) is 5. The van der Waals surface area contributed by atoms with E-state index in [1.165, 1.54) is 22.8 Å². The zero-order valence-corrected chi connectivity index (χ0v) is 11.2. The minimum Gasteiger partial charge on any atom is -0.372 e. The molecule has 0 saturated heterocycles. The quantitative estimate of drug-likeness (QED) is 0.628. The van der Waals surface area contributed by atoms with Crippen molar-refractivity contribution in [1.82, 2.24) is 4.57 Å². The molecule has 1 heterocycles. The molecule has 7 nitrogen and oxygen atoms in total. The smallest absolute Gasteiger partial charge is 0.372 e. The van der Waals surface area contributed by atoms with Gasteiger partial charge >= 0.3 is 11.4 Å². The molecule has 2 aromatic rings. The molecule has 0 fully saturated rings. The third kappa shape index (κ3) is 2.61. The first-order valence-corrected chi connectivity index (χ1v) is 6.22. The molecule has 0 amide bonds. The summed E-state index contributed by atoms with van der Waals surface area (Å²) in [4.78, 5) is 33.6. The SMILES string of the molecule is CC(C)CCn1c(=O)oc(=O)c2ccc([N+](=O)[O-])cc21. The van der Waals surface area contributed by atoms with Crippen molar-refractivity contribution in [3.05, 3.63) is 49.3 Å². The van der Waals surface area contributed by atoms with E-state index in [2.05, 4.69) is 4.42 Å². The summed E-state index contributed by atoms with van der Waals surface area (Å²) in [5.41, 5.74) is -0.706. The van der Waals surface area contributed by atoms with Gasteiger partial charge in [-0.1, -0.05) is 13.8 Å². The number of non-ortho nitro benzene ring substituents is 1. The van der Waals surface area contributed by atoms with Gasteiger partial charge in [0, 0.05) is 18.7 Å². The number of nitro groups is 1. The van der Waals surface area contributed by atoms with Crippen molar-refractivity contribution in [3.8, 4) is 0 Å². The molecule has 2 rings (SSSR count). The van der Waals surface area contributed by atoms with E-state index < -0.39 is 16.3 Å². The first-order chi connectivity index (χ1) is 9.40. The van der Waals surface area contributed by atoms with Crippen LogP contribution in [0.1, 0.15) is 20.3 Å². The van der Waals surface area contributed by atoms with Crippen molar-refractivity contribution in [2.24, 2.45) is 5.92 Å². The lowest BCUT2D eigenvalue weighted by Gasteiger charge is -2.09. The van der Waals surface area contributed by atoms with Crippen LogP contribution in [0.3, 0.4) is 0 Å². The number of benzene rings is 1. The second kappa shape index (κ2) is 5.28. The van der Waals surface area contributed by atoms with E-state index in [0.717, 1.165) is 0 Å². The third-order valence-electron chi connectivity index (χ3n) is 3.03. The molecular weight excluding hydrogens is 264 g/mol. The van der Waals surface area contributed by atoms with E-state index in [1.54, 1.807) is 0 Å². The largest absolute Gasteiger partial charge is 0.422 e. The van der Waals surface area contributed by atoms with Crippen LogP contribution in [-0.2, 0) is 6.54 Å². The molecule has 1 aromatic carbocycles. The number of hydrogen-bond donors (Lipinski definition) is 0. The molecule has 0 spiro atoms. The topological polar surface area (TPSA) is 95.3 Å². The summed E-state index contributed by atoms with van der Waals surface area (Å²) in [5.74, 6) is -0.439. The summed E-state index contributed by atoms with van der Waals surface area (Å²) in [6, 6.07) is 3.76. The molecule has 0 N–H and O–H groups in total. The van der Waals surface area contributed by atoms with Crippen LogP contribution in [0.2, 0.25) is 0 Å². The molecule has 0 radical (unpaired) electrons. The molecule has 0 atom stereocenters. The molecule has 0 bridgehead atoms. The highest BCUT2D eigenvalue weighted by atomic mass is 16.6. The van der Waals surface area contributed by atoms with Gasteiger partial charge in [0.05, 0.1) is 15.8 Å². The lowest BCUT2D eigenvalue weighted by Crippen LogP contribution is -2.25. The second-order valence-electron chi connectivity index (χ2n) is 4.95. The van der Waals surface area contributed by atoms with Crippen LogP contribution in [0.4, 0.5) is 5.69 Å². The lowest BCUT2D eigenvalue weighted by molar-refractivity contribution is -0.384. The fourth-order valence-corrected chi connectivity index (χ4v) is 1.92. The Hall–Kier alpha value is -2.44. The molecule has 20 heavy (non-hydrogen) atoms. The van der Waals surface area contributed by atoms with Crippen molar-refractivity contribution in [2.75, 3.05) is 0 Å². The van der Waals surface area contributed by atoms with E-state index in [4.69, 9.17) is 0 Å². The highest BCUT2D eigenvalue weighted by Crippen LogP contribution is 2.18. The number of aryl methyl sites for hydroxylation is 1. The Morgan fingerprint density at radius 1 is 1.35 bits per heavy atom. The van der Waals surface area contributed by atoms with Crippen LogP contribution < -0.4 is 11.4 Å². The van der Waals surface area contributed by atoms with E-state index in [-0.39, 0.29) is 16.6 Å². The Morgan fingerprint density at radius 2 is 2.05 bits per heavy atom. The lowest BCUT2D eigenvalue weighted by atomic mass is 10.1. The highest BCUT2D eigenvalue weighted by molar-refractivity contribution is 5.79. The normalized spacial score (nSPS) is 11.2. The maximum Gasteiger partial charge on any atom is 0.422 e. The van der Waals surface area contributed by atoms with Gasteiger partial charge in [0.15, 0.2) is 0 Å². The summed E-state index contributed by atoms with van der Waals surface area (Å²) < 4.78 is 5.90. The number of fused-ring (bicyclic) bond motifs is 1. The van der Waals surface area contributed by atoms with Gasteiger partial charge in [-0.3, -0.25) is 14.7 Å². The number of rotatable bonds is 4. The number of nitrogens with zero attached hydrogens (tertiary/aromatic N) is 2. The molecule has 0 unspecified atom stereocenters. The van der Waals surface area contributed by atoms with Gasteiger partial charge in [0.2, 0.25) is 0 Å². The van der Waals surface area contributed by atoms with Crippen LogP contribution in [0.15, 0.2) is 32.2 Å². The average molecular weight is 278 g/mol. The van der Waals surface area contributed by atoms with Gasteiger partial charge in [0.1, 0.15) is 0 Å². The van der Waals surface area contributed by atoms with Crippen molar-refractivity contribution in [1.29, 1.82) is 0 Å². The van der Waals surface area contributed by atoms with E-state index >= 15 is 0 Å². The Labute approximate surface area is 113 Å². The minimum atomic E-state index is -0.788. The van der Waals surface area contributed by atoms with Crippen LogP contribution in [0.5, 0.6) is 0 Å². The molecule has 7 heteroatoms. The van der Waals surface area contributed by atoms with Gasteiger partial charge in [-0.05, 0) is 18.4 Å². The first-order valence-electron chi connectivity index (χ1n) is 6.22. The van der Waals surface area contributed by atoms with Gasteiger partial charge in [-0.15, -0.1) is 0 Å². The molecule has 0 saturated carbocycles. The second-order valence-corrected chi connectivity index (χ2v) is 4.95. The van der Waals surface area contributed by atoms with Crippen LogP contribution in [0, 0.1) is 16.0 Å². The van der Waals surface area contributed by atoms with Gasteiger partial charge in [0.25, 0.3) is 5.69 Å². The highest BCUT2D eigenvalue weighted by Gasteiger charge is 2.14. The van der Waals surface area contributed by atoms with E-state index in [0.29, 0.717) is 18.9 Å². The van der Waals surface area contributed by atoms with Crippen LogP contribution in [-0.4, -0.2) is 9.49 Å². The van der Waals surface area contributed by atoms with E-state index in [9.17, 15) is 19.7 Å². The minimum absolute atomic E-state index is 0.166. The molecule has 106 valence electrons. The molecule has 0 aliphatic heterocycles. The summed E-state index contributed by atoms with van der Waals surface area (Å²) in [5, 5.41) is 11.0. The van der Waals surface area contributed by atoms with Crippen molar-refractivity contribution >= 4 is 16.6 Å². The number of nitro benzene ring substituents is 1. The molecule has 0 aliphatic rings. The zero-order valence-electron chi connectivity index (χ0n) is 11.2. The Kier molecular flexibility index (Phi) is 3.69. The monoisotopic (exact) mass is 278 g/mol. The van der Waals surface area contributed by atoms with Crippen LogP contribution >= 0.6 is 0 Å². The first kappa shape index (κ1) is 14.0. The molecule has 1 aromatic heterocycles. The summed E-state index contributed by atoms with van der Waals surface area (Å²) in [6.45, 7) is 4.33. The summed E-state index contributed by atoms with van der Waals surface area (Å²) in [7, 11) is 0. The maximum absolute atomic E-state index is 11.8. The fourth-order valence-electron chi connectivity index (χ4n) is 1.92. The Balaban J connectivity index is 2.70. The summed E-state index contributed by atoms with van der Waals surface area (Å²) >= 11 is 0. The van der Waals surface area contributed by atoms with Crippen LogP contribution in [0.25, 0.3) is 10.9 Å². The zero-order chi connectivity index (χ0) is 14.9. The molecular formula is C13H14N2O5. The standard InChI is InChI=1S/C13H14N2O5/c1-8(2)5-6-14-11-7-9(15(18)19)3-4-10(11)12(16)20-13(14)17/h3-4,7-8H,5-6H2,1-2H3. The van der Waals surface area contributed by atoms with Gasteiger partial charge in [-0.25, -0.2) is 9.59 Å². The van der Waals surface area contributed by atoms with Gasteiger partial charge < -0.3 is 4.42 Å². The van der Waals surface area contributed by atoms with Crippen molar-refractivity contribution in [3.63, 3.8) is 0 Å². The molecule has 0 aliphatic carbocycles. The predicted octanol–water partition coefficient (Wildman–Crippen LogP) is 1.91.